The summed E-state index contributed by atoms with van der Waals surface area (Å²) < 4.78 is 0. The number of carbonyl (C=O) groups excluding carboxylic acids is 2. The van der Waals surface area contributed by atoms with Crippen molar-refractivity contribution < 1.29 is 9.59 Å². The van der Waals surface area contributed by atoms with E-state index in [2.05, 4.69) is 23.6 Å². The first kappa shape index (κ1) is 20.9. The highest BCUT2D eigenvalue weighted by Gasteiger charge is 2.24. The summed E-state index contributed by atoms with van der Waals surface area (Å²) in [7, 11) is 0. The molecule has 2 aromatic carbocycles. The quantitative estimate of drug-likeness (QED) is 0.751. The first-order valence-electron chi connectivity index (χ1n) is 10.4. The van der Waals surface area contributed by atoms with Gasteiger partial charge < -0.3 is 15.5 Å². The van der Waals surface area contributed by atoms with Crippen molar-refractivity contribution in [2.45, 2.75) is 46.1 Å². The summed E-state index contributed by atoms with van der Waals surface area (Å²) in [6, 6.07) is 15.9. The summed E-state index contributed by atoms with van der Waals surface area (Å²) in [5.74, 6) is 0.450. The van der Waals surface area contributed by atoms with Crippen molar-refractivity contribution in [1.82, 2.24) is 10.2 Å². The molecule has 1 aliphatic heterocycles. The molecular weight excluding hydrogens is 362 g/mol. The molecule has 3 rings (SSSR count). The van der Waals surface area contributed by atoms with Gasteiger partial charge in [0.2, 0.25) is 5.91 Å². The van der Waals surface area contributed by atoms with Gasteiger partial charge in [-0.15, -0.1) is 0 Å². The van der Waals surface area contributed by atoms with Gasteiger partial charge in [0, 0.05) is 31.7 Å². The fourth-order valence-corrected chi connectivity index (χ4v) is 3.84. The molecule has 2 N–H and O–H groups in total. The van der Waals surface area contributed by atoms with Crippen molar-refractivity contribution in [3.8, 4) is 0 Å². The van der Waals surface area contributed by atoms with E-state index in [0.717, 1.165) is 42.6 Å². The normalized spacial score (nSPS) is 16.3. The minimum atomic E-state index is -0.0516. The lowest BCUT2D eigenvalue weighted by atomic mass is 9.93. The van der Waals surface area contributed by atoms with Gasteiger partial charge in [0.25, 0.3) is 0 Å². The average Bonchev–Trinajstić information content (AvgIpc) is 2.72. The predicted molar refractivity (Wildman–Crippen MR) is 117 cm³/mol. The van der Waals surface area contributed by atoms with Gasteiger partial charge in [-0.05, 0) is 67.9 Å². The zero-order chi connectivity index (χ0) is 20.6. The number of nitrogens with one attached hydrogen (secondary N) is 2. The maximum Gasteiger partial charge on any atom is 0.321 e. The minimum absolute atomic E-state index is 0.0516. The Morgan fingerprint density at radius 1 is 1.10 bits per heavy atom. The van der Waals surface area contributed by atoms with E-state index in [1.807, 2.05) is 54.3 Å². The molecule has 29 heavy (non-hydrogen) atoms. The highest BCUT2D eigenvalue weighted by Crippen LogP contribution is 2.22. The molecule has 154 valence electrons. The molecule has 0 spiro atoms. The zero-order valence-corrected chi connectivity index (χ0v) is 17.4. The minimum Gasteiger partial charge on any atom is -0.352 e. The lowest BCUT2D eigenvalue weighted by molar-refractivity contribution is -0.121. The van der Waals surface area contributed by atoms with E-state index in [4.69, 9.17) is 0 Å². The Balaban J connectivity index is 1.42. The highest BCUT2D eigenvalue weighted by atomic mass is 16.2. The molecule has 3 amide bonds. The lowest BCUT2D eigenvalue weighted by Crippen LogP contribution is -2.42. The van der Waals surface area contributed by atoms with Crippen LogP contribution in [0.1, 0.15) is 42.4 Å². The summed E-state index contributed by atoms with van der Waals surface area (Å²) in [4.78, 5) is 26.7. The van der Waals surface area contributed by atoms with Crippen LogP contribution >= 0.6 is 0 Å². The third kappa shape index (κ3) is 6.34. The molecule has 5 heteroatoms. The van der Waals surface area contributed by atoms with Gasteiger partial charge in [-0.25, -0.2) is 4.79 Å². The molecule has 0 unspecified atom stereocenters. The second-order valence-corrected chi connectivity index (χ2v) is 8.00. The van der Waals surface area contributed by atoms with Gasteiger partial charge in [0.15, 0.2) is 0 Å². The van der Waals surface area contributed by atoms with Crippen LogP contribution in [-0.4, -0.2) is 29.9 Å². The van der Waals surface area contributed by atoms with Gasteiger partial charge >= 0.3 is 6.03 Å². The van der Waals surface area contributed by atoms with Crippen molar-refractivity contribution in [1.29, 1.82) is 0 Å². The Hall–Kier alpha value is -2.82. The Labute approximate surface area is 173 Å². The smallest absolute Gasteiger partial charge is 0.321 e. The molecule has 2 aromatic rings. The van der Waals surface area contributed by atoms with Crippen LogP contribution in [0.5, 0.6) is 0 Å². The fourth-order valence-electron chi connectivity index (χ4n) is 3.84. The molecule has 0 bridgehead atoms. The van der Waals surface area contributed by atoms with Crippen LogP contribution in [0.15, 0.2) is 48.5 Å². The van der Waals surface area contributed by atoms with Gasteiger partial charge in [0.05, 0.1) is 0 Å². The SMILES string of the molecule is Cc1cccc(NC(=O)N2CCC[C@H](CCC(=O)NCc3ccccc3C)C2)c1. The van der Waals surface area contributed by atoms with E-state index in [0.29, 0.717) is 25.4 Å². The van der Waals surface area contributed by atoms with Gasteiger partial charge in [-0.1, -0.05) is 36.4 Å². The molecule has 1 aliphatic rings. The highest BCUT2D eigenvalue weighted by molar-refractivity contribution is 5.89. The fraction of sp³-hybridized carbons (Fsp3) is 0.417. The number of hydrogen-bond acceptors (Lipinski definition) is 2. The number of likely N-dealkylation sites (tertiary alicyclic amines) is 1. The zero-order valence-electron chi connectivity index (χ0n) is 17.4. The van der Waals surface area contributed by atoms with E-state index in [1.54, 1.807) is 0 Å². The molecule has 0 radical (unpaired) electrons. The largest absolute Gasteiger partial charge is 0.352 e. The number of aryl methyl sites for hydroxylation is 2. The third-order valence-corrected chi connectivity index (χ3v) is 5.59. The summed E-state index contributed by atoms with van der Waals surface area (Å²) >= 11 is 0. The van der Waals surface area contributed by atoms with Gasteiger partial charge in [-0.2, -0.15) is 0 Å². The molecule has 1 saturated heterocycles. The molecule has 0 saturated carbocycles. The van der Waals surface area contributed by atoms with Crippen LogP contribution in [0.25, 0.3) is 0 Å². The van der Waals surface area contributed by atoms with Crippen LogP contribution in [0.2, 0.25) is 0 Å². The van der Waals surface area contributed by atoms with Crippen molar-refractivity contribution in [3.63, 3.8) is 0 Å². The van der Waals surface area contributed by atoms with E-state index >= 15 is 0 Å². The number of carbonyl (C=O) groups is 2. The summed E-state index contributed by atoms with van der Waals surface area (Å²) in [5, 5.41) is 6.01. The molecular formula is C24H31N3O2. The number of anilines is 1. The number of hydrogen-bond donors (Lipinski definition) is 2. The van der Waals surface area contributed by atoms with Crippen molar-refractivity contribution >= 4 is 17.6 Å². The number of benzene rings is 2. The van der Waals surface area contributed by atoms with E-state index < -0.39 is 0 Å². The van der Waals surface area contributed by atoms with E-state index in [9.17, 15) is 9.59 Å². The second-order valence-electron chi connectivity index (χ2n) is 8.00. The predicted octanol–water partition coefficient (Wildman–Crippen LogP) is 4.64. The summed E-state index contributed by atoms with van der Waals surface area (Å²) in [6.45, 7) is 6.12. The maximum absolute atomic E-state index is 12.6. The number of amides is 3. The standard InChI is InChI=1S/C24H31N3O2/c1-18-7-5-11-22(15-18)26-24(29)27-14-6-9-20(17-27)12-13-23(28)25-16-21-10-4-3-8-19(21)2/h3-5,7-8,10-11,15,20H,6,9,12-14,16-17H2,1-2H3,(H,25,28)(H,26,29)/t20-/m1/s1. The Bertz CT molecular complexity index is 850. The molecule has 0 aromatic heterocycles. The number of nitrogens with zero attached hydrogens (tertiary/aromatic N) is 1. The van der Waals surface area contributed by atoms with Crippen LogP contribution in [-0.2, 0) is 11.3 Å². The summed E-state index contributed by atoms with van der Waals surface area (Å²) in [5.41, 5.74) is 4.29. The molecule has 1 heterocycles. The van der Waals surface area contributed by atoms with Crippen molar-refractivity contribution in [2.75, 3.05) is 18.4 Å². The first-order chi connectivity index (χ1) is 14.0. The second kappa shape index (κ2) is 10.1. The number of piperidine rings is 1. The average molecular weight is 394 g/mol. The van der Waals surface area contributed by atoms with Crippen LogP contribution in [0.4, 0.5) is 10.5 Å². The Kier molecular flexibility index (Phi) is 7.28. The maximum atomic E-state index is 12.6. The van der Waals surface area contributed by atoms with Gasteiger partial charge in [-0.3, -0.25) is 4.79 Å². The number of rotatable bonds is 6. The third-order valence-electron chi connectivity index (χ3n) is 5.59. The van der Waals surface area contributed by atoms with Crippen molar-refractivity contribution in [3.05, 3.63) is 65.2 Å². The monoisotopic (exact) mass is 393 g/mol. The first-order valence-corrected chi connectivity index (χ1v) is 10.4. The van der Waals surface area contributed by atoms with E-state index in [-0.39, 0.29) is 11.9 Å². The van der Waals surface area contributed by atoms with Gasteiger partial charge in [0.1, 0.15) is 0 Å². The Morgan fingerprint density at radius 2 is 1.93 bits per heavy atom. The van der Waals surface area contributed by atoms with Crippen LogP contribution < -0.4 is 10.6 Å². The van der Waals surface area contributed by atoms with Crippen LogP contribution in [0, 0.1) is 19.8 Å². The molecule has 1 fully saturated rings. The molecule has 1 atom stereocenters. The summed E-state index contributed by atoms with van der Waals surface area (Å²) in [6.07, 6.45) is 3.37. The topological polar surface area (TPSA) is 61.4 Å². The van der Waals surface area contributed by atoms with Crippen molar-refractivity contribution in [2.24, 2.45) is 5.92 Å². The number of urea groups is 1. The van der Waals surface area contributed by atoms with Crippen LogP contribution in [0.3, 0.4) is 0 Å². The molecule has 0 aliphatic carbocycles. The molecule has 5 nitrogen and oxygen atoms in total. The Morgan fingerprint density at radius 3 is 2.72 bits per heavy atom. The lowest BCUT2D eigenvalue weighted by Gasteiger charge is -2.32. The van der Waals surface area contributed by atoms with E-state index in [1.165, 1.54) is 5.56 Å².